The first-order chi connectivity index (χ1) is 6.94. The Morgan fingerprint density at radius 3 is 2.67 bits per heavy atom. The molecule has 0 aromatic carbocycles. The molecule has 0 bridgehead atoms. The molecule has 0 spiro atoms. The summed E-state index contributed by atoms with van der Waals surface area (Å²) in [5.74, 6) is 0.559. The molecule has 1 aliphatic rings. The van der Waals surface area contributed by atoms with Crippen LogP contribution in [-0.4, -0.2) is 38.4 Å². The third-order valence-electron chi connectivity index (χ3n) is 3.12. The second kappa shape index (κ2) is 4.97. The molecular formula is C12H24N2O. The molecule has 0 aromatic heterocycles. The van der Waals surface area contributed by atoms with Gasteiger partial charge in [-0.1, -0.05) is 19.0 Å². The maximum atomic E-state index is 4.93. The zero-order valence-corrected chi connectivity index (χ0v) is 10.7. The Kier molecular flexibility index (Phi) is 4.14. The van der Waals surface area contributed by atoms with E-state index in [1.54, 1.807) is 7.11 Å². The summed E-state index contributed by atoms with van der Waals surface area (Å²) in [6.45, 7) is 5.77. The summed E-state index contributed by atoms with van der Waals surface area (Å²) in [7, 11) is 5.87. The predicted octanol–water partition coefficient (Wildman–Crippen LogP) is 2.38. The van der Waals surface area contributed by atoms with Crippen LogP contribution in [0.25, 0.3) is 0 Å². The van der Waals surface area contributed by atoms with Gasteiger partial charge in [-0.2, -0.15) is 0 Å². The molecule has 0 aliphatic heterocycles. The molecule has 88 valence electrons. The highest BCUT2D eigenvalue weighted by Crippen LogP contribution is 2.37. The van der Waals surface area contributed by atoms with E-state index in [9.17, 15) is 0 Å². The quantitative estimate of drug-likeness (QED) is 0.671. The van der Waals surface area contributed by atoms with Crippen molar-refractivity contribution in [1.82, 2.24) is 4.90 Å². The second-order valence-corrected chi connectivity index (χ2v) is 5.59. The molecule has 1 aliphatic carbocycles. The van der Waals surface area contributed by atoms with E-state index in [2.05, 4.69) is 38.0 Å². The minimum Gasteiger partial charge on any atom is -0.399 e. The monoisotopic (exact) mass is 212 g/mol. The molecule has 3 nitrogen and oxygen atoms in total. The fourth-order valence-electron chi connectivity index (χ4n) is 2.41. The third kappa shape index (κ3) is 3.82. The lowest BCUT2D eigenvalue weighted by Crippen LogP contribution is -2.36. The molecule has 0 aromatic rings. The Hall–Kier alpha value is -0.570. The van der Waals surface area contributed by atoms with Gasteiger partial charge in [0.1, 0.15) is 7.11 Å². The average molecular weight is 212 g/mol. The normalized spacial score (nSPS) is 28.4. The van der Waals surface area contributed by atoms with Gasteiger partial charge in [0.25, 0.3) is 0 Å². The summed E-state index contributed by atoms with van der Waals surface area (Å²) in [5.41, 5.74) is 1.69. The van der Waals surface area contributed by atoms with Crippen LogP contribution in [0.4, 0.5) is 0 Å². The van der Waals surface area contributed by atoms with Gasteiger partial charge >= 0.3 is 0 Å². The lowest BCUT2D eigenvalue weighted by molar-refractivity contribution is 0.189. The smallest absolute Gasteiger partial charge is 0.106 e. The molecule has 0 heterocycles. The van der Waals surface area contributed by atoms with Gasteiger partial charge in [0.05, 0.1) is 5.71 Å². The maximum absolute atomic E-state index is 4.93. The summed E-state index contributed by atoms with van der Waals surface area (Å²) in [5, 5.41) is 4.17. The Bertz CT molecular complexity index is 234. The van der Waals surface area contributed by atoms with E-state index in [1.807, 2.05) is 0 Å². The van der Waals surface area contributed by atoms with Crippen molar-refractivity contribution in [2.45, 2.75) is 33.1 Å². The fourth-order valence-corrected chi connectivity index (χ4v) is 2.41. The fraction of sp³-hybridized carbons (Fsp3) is 0.917. The summed E-state index contributed by atoms with van der Waals surface area (Å²) >= 11 is 0. The summed E-state index contributed by atoms with van der Waals surface area (Å²) in [4.78, 5) is 7.16. The van der Waals surface area contributed by atoms with Crippen molar-refractivity contribution in [2.75, 3.05) is 27.7 Å². The molecule has 0 N–H and O–H groups in total. The van der Waals surface area contributed by atoms with E-state index < -0.39 is 0 Å². The van der Waals surface area contributed by atoms with E-state index in [0.29, 0.717) is 11.3 Å². The molecule has 1 unspecified atom stereocenters. The first-order valence-corrected chi connectivity index (χ1v) is 5.69. The highest BCUT2D eigenvalue weighted by molar-refractivity contribution is 5.87. The SMILES string of the molecule is CON=C1CCC(C)(C)CC1CN(C)C. The van der Waals surface area contributed by atoms with Crippen LogP contribution in [0.3, 0.4) is 0 Å². The van der Waals surface area contributed by atoms with E-state index in [4.69, 9.17) is 4.84 Å². The van der Waals surface area contributed by atoms with Gasteiger partial charge in [-0.25, -0.2) is 0 Å². The Labute approximate surface area is 93.5 Å². The van der Waals surface area contributed by atoms with E-state index in [1.165, 1.54) is 18.6 Å². The molecule has 0 amide bonds. The van der Waals surface area contributed by atoms with Crippen molar-refractivity contribution in [3.63, 3.8) is 0 Å². The number of hydrogen-bond donors (Lipinski definition) is 0. The Morgan fingerprint density at radius 1 is 1.47 bits per heavy atom. The highest BCUT2D eigenvalue weighted by atomic mass is 16.6. The topological polar surface area (TPSA) is 24.8 Å². The van der Waals surface area contributed by atoms with Crippen molar-refractivity contribution in [2.24, 2.45) is 16.5 Å². The van der Waals surface area contributed by atoms with Crippen LogP contribution in [0.2, 0.25) is 0 Å². The van der Waals surface area contributed by atoms with Gasteiger partial charge in [-0.3, -0.25) is 0 Å². The minimum absolute atomic E-state index is 0.452. The first-order valence-electron chi connectivity index (χ1n) is 5.69. The van der Waals surface area contributed by atoms with Crippen LogP contribution >= 0.6 is 0 Å². The molecule has 1 saturated carbocycles. The van der Waals surface area contributed by atoms with Crippen molar-refractivity contribution < 1.29 is 4.84 Å². The molecule has 1 atom stereocenters. The van der Waals surface area contributed by atoms with Crippen LogP contribution in [0.5, 0.6) is 0 Å². The second-order valence-electron chi connectivity index (χ2n) is 5.59. The van der Waals surface area contributed by atoms with Crippen LogP contribution in [0, 0.1) is 11.3 Å². The molecule has 1 fully saturated rings. The molecule has 0 saturated heterocycles. The van der Waals surface area contributed by atoms with Crippen molar-refractivity contribution in [3.8, 4) is 0 Å². The van der Waals surface area contributed by atoms with Crippen LogP contribution in [0.1, 0.15) is 33.1 Å². The van der Waals surface area contributed by atoms with Crippen LogP contribution in [0.15, 0.2) is 5.16 Å². The first kappa shape index (κ1) is 12.5. The van der Waals surface area contributed by atoms with E-state index >= 15 is 0 Å². The third-order valence-corrected chi connectivity index (χ3v) is 3.12. The van der Waals surface area contributed by atoms with Gasteiger partial charge in [0, 0.05) is 12.5 Å². The largest absolute Gasteiger partial charge is 0.399 e. The van der Waals surface area contributed by atoms with E-state index in [0.717, 1.165) is 13.0 Å². The Morgan fingerprint density at radius 2 is 2.13 bits per heavy atom. The van der Waals surface area contributed by atoms with Crippen LogP contribution in [-0.2, 0) is 4.84 Å². The zero-order chi connectivity index (χ0) is 11.5. The molecule has 3 heteroatoms. The van der Waals surface area contributed by atoms with Gasteiger partial charge in [0.15, 0.2) is 0 Å². The Balaban J connectivity index is 2.69. The molecular weight excluding hydrogens is 188 g/mol. The number of oxime groups is 1. The maximum Gasteiger partial charge on any atom is 0.106 e. The van der Waals surface area contributed by atoms with Crippen molar-refractivity contribution in [3.05, 3.63) is 0 Å². The lowest BCUT2D eigenvalue weighted by Gasteiger charge is -2.36. The lowest BCUT2D eigenvalue weighted by atomic mass is 9.71. The van der Waals surface area contributed by atoms with Gasteiger partial charge < -0.3 is 9.74 Å². The molecule has 1 rings (SSSR count). The zero-order valence-electron chi connectivity index (χ0n) is 10.7. The predicted molar refractivity (Wildman–Crippen MR) is 64.1 cm³/mol. The van der Waals surface area contributed by atoms with Crippen molar-refractivity contribution >= 4 is 5.71 Å². The molecule has 0 radical (unpaired) electrons. The van der Waals surface area contributed by atoms with E-state index in [-0.39, 0.29) is 0 Å². The molecule has 15 heavy (non-hydrogen) atoms. The summed E-state index contributed by atoms with van der Waals surface area (Å²) in [6, 6.07) is 0. The van der Waals surface area contributed by atoms with Gasteiger partial charge in [-0.05, 0) is 38.8 Å². The summed E-state index contributed by atoms with van der Waals surface area (Å²) < 4.78 is 0. The number of rotatable bonds is 3. The summed E-state index contributed by atoms with van der Waals surface area (Å²) in [6.07, 6.45) is 3.52. The van der Waals surface area contributed by atoms with Crippen molar-refractivity contribution in [1.29, 1.82) is 0 Å². The number of hydrogen-bond acceptors (Lipinski definition) is 3. The standard InChI is InChI=1S/C12H24N2O/c1-12(2)7-6-11(13-15-5)10(8-12)9-14(3)4/h10H,6-9H2,1-5H3. The minimum atomic E-state index is 0.452. The van der Waals surface area contributed by atoms with Gasteiger partial charge in [-0.15, -0.1) is 0 Å². The highest BCUT2D eigenvalue weighted by Gasteiger charge is 2.32. The average Bonchev–Trinajstić information content (AvgIpc) is 2.08. The van der Waals surface area contributed by atoms with Gasteiger partial charge in [0.2, 0.25) is 0 Å². The van der Waals surface area contributed by atoms with Crippen LogP contribution < -0.4 is 0 Å². The number of nitrogens with zero attached hydrogens (tertiary/aromatic N) is 2.